The van der Waals surface area contributed by atoms with Gasteiger partial charge in [-0.15, -0.1) is 0 Å². The van der Waals surface area contributed by atoms with E-state index in [0.717, 1.165) is 18.7 Å². The zero-order chi connectivity index (χ0) is 17.4. The molecule has 0 aromatic carbocycles. The van der Waals surface area contributed by atoms with E-state index in [2.05, 4.69) is 20.5 Å². The zero-order valence-electron chi connectivity index (χ0n) is 13.1. The number of carbonyl (C=O) groups is 2. The van der Waals surface area contributed by atoms with E-state index in [9.17, 15) is 14.0 Å². The summed E-state index contributed by atoms with van der Waals surface area (Å²) in [4.78, 5) is 29.3. The summed E-state index contributed by atoms with van der Waals surface area (Å²) in [6.45, 7) is 0.472. The van der Waals surface area contributed by atoms with Gasteiger partial charge in [0.05, 0.1) is 24.0 Å². The van der Waals surface area contributed by atoms with Crippen molar-refractivity contribution in [3.05, 3.63) is 42.2 Å². The Morgan fingerprint density at radius 3 is 2.62 bits per heavy atom. The van der Waals surface area contributed by atoms with E-state index in [1.54, 1.807) is 0 Å². The summed E-state index contributed by atoms with van der Waals surface area (Å²) in [7, 11) is 0. The number of amides is 1. The summed E-state index contributed by atoms with van der Waals surface area (Å²) in [5, 5.41) is 10.4. The maximum Gasteiger partial charge on any atom is 0.253 e. The Kier molecular flexibility index (Phi) is 6.50. The molecule has 1 amide bonds. The van der Waals surface area contributed by atoms with Crippen LogP contribution in [0.1, 0.15) is 29.6 Å². The second kappa shape index (κ2) is 8.82. The van der Waals surface area contributed by atoms with E-state index in [4.69, 9.17) is 5.73 Å². The molecule has 2 heterocycles. The zero-order valence-corrected chi connectivity index (χ0v) is 13.1. The molecule has 2 rings (SSSR count). The molecule has 1 unspecified atom stereocenters. The Balaban J connectivity index is 2.02. The number of nitrogens with two attached hydrogens (primary N) is 1. The van der Waals surface area contributed by atoms with Crippen molar-refractivity contribution in [1.82, 2.24) is 25.3 Å². The molecule has 2 aromatic heterocycles. The van der Waals surface area contributed by atoms with E-state index in [1.807, 2.05) is 0 Å². The van der Waals surface area contributed by atoms with Crippen LogP contribution >= 0.6 is 0 Å². The van der Waals surface area contributed by atoms with E-state index in [1.165, 1.54) is 23.3 Å². The smallest absolute Gasteiger partial charge is 0.253 e. The Morgan fingerprint density at radius 2 is 2.00 bits per heavy atom. The number of aromatic nitrogens is 4. The Hall–Kier alpha value is -2.68. The van der Waals surface area contributed by atoms with Crippen LogP contribution in [0.3, 0.4) is 0 Å². The van der Waals surface area contributed by atoms with Crippen LogP contribution < -0.4 is 11.1 Å². The van der Waals surface area contributed by atoms with Crippen LogP contribution in [0, 0.1) is 5.95 Å². The van der Waals surface area contributed by atoms with Crippen LogP contribution in [-0.2, 0) is 11.3 Å². The first-order valence-electron chi connectivity index (χ1n) is 7.59. The highest BCUT2D eigenvalue weighted by molar-refractivity contribution is 5.97. The van der Waals surface area contributed by atoms with Gasteiger partial charge in [-0.1, -0.05) is 0 Å². The standard InChI is InChI=1S/C15H19FN6O2/c16-14-5-4-11(9-18-14)15(24)21-12(3-1-2-6-17)13(23)10-22-19-7-8-20-22/h4-5,7-9,12H,1-3,6,10,17H2,(H,21,24). The van der Waals surface area contributed by atoms with Crippen molar-refractivity contribution in [3.8, 4) is 0 Å². The Morgan fingerprint density at radius 1 is 1.25 bits per heavy atom. The summed E-state index contributed by atoms with van der Waals surface area (Å²) in [5.74, 6) is -1.37. The van der Waals surface area contributed by atoms with E-state index >= 15 is 0 Å². The van der Waals surface area contributed by atoms with E-state index in [0.29, 0.717) is 19.4 Å². The summed E-state index contributed by atoms with van der Waals surface area (Å²) >= 11 is 0. The number of nitrogens with one attached hydrogen (secondary N) is 1. The molecule has 1 atom stereocenters. The van der Waals surface area contributed by atoms with Gasteiger partial charge in [-0.3, -0.25) is 9.59 Å². The third-order valence-corrected chi connectivity index (χ3v) is 3.39. The second-order valence-corrected chi connectivity index (χ2v) is 5.21. The molecule has 0 aliphatic rings. The summed E-state index contributed by atoms with van der Waals surface area (Å²) in [6, 6.07) is 1.71. The molecule has 8 nitrogen and oxygen atoms in total. The van der Waals surface area contributed by atoms with Crippen LogP contribution in [0.2, 0.25) is 0 Å². The highest BCUT2D eigenvalue weighted by atomic mass is 19.1. The van der Waals surface area contributed by atoms with Crippen LogP contribution in [0.25, 0.3) is 0 Å². The lowest BCUT2D eigenvalue weighted by Crippen LogP contribution is -2.42. The van der Waals surface area contributed by atoms with Crippen LogP contribution in [0.4, 0.5) is 4.39 Å². The fraction of sp³-hybridized carbons (Fsp3) is 0.400. The van der Waals surface area contributed by atoms with Crippen molar-refractivity contribution in [3.63, 3.8) is 0 Å². The van der Waals surface area contributed by atoms with Gasteiger partial charge in [0, 0.05) is 6.20 Å². The fourth-order valence-electron chi connectivity index (χ4n) is 2.13. The lowest BCUT2D eigenvalue weighted by Gasteiger charge is -2.17. The van der Waals surface area contributed by atoms with Gasteiger partial charge in [0.2, 0.25) is 5.95 Å². The normalized spacial score (nSPS) is 11.9. The molecular weight excluding hydrogens is 315 g/mol. The molecule has 2 aromatic rings. The summed E-state index contributed by atoms with van der Waals surface area (Å²) < 4.78 is 12.8. The molecule has 0 saturated heterocycles. The largest absolute Gasteiger partial charge is 0.342 e. The number of Topliss-reactive ketones (excluding diaryl/α,β-unsaturated/α-hetero) is 1. The molecule has 24 heavy (non-hydrogen) atoms. The molecule has 0 aliphatic carbocycles. The summed E-state index contributed by atoms with van der Waals surface area (Å²) in [5.41, 5.74) is 5.65. The molecular formula is C15H19FN6O2. The third-order valence-electron chi connectivity index (χ3n) is 3.39. The lowest BCUT2D eigenvalue weighted by molar-refractivity contribution is -0.122. The maximum atomic E-state index is 12.8. The molecule has 0 radical (unpaired) electrons. The van der Waals surface area contributed by atoms with Crippen LogP contribution in [0.5, 0.6) is 0 Å². The lowest BCUT2D eigenvalue weighted by atomic mass is 10.0. The molecule has 3 N–H and O–H groups in total. The van der Waals surface area contributed by atoms with Gasteiger partial charge in [0.1, 0.15) is 6.54 Å². The average Bonchev–Trinajstić information content (AvgIpc) is 3.07. The maximum absolute atomic E-state index is 12.8. The quantitative estimate of drug-likeness (QED) is 0.504. The molecule has 9 heteroatoms. The SMILES string of the molecule is NCCCCC(NC(=O)c1ccc(F)nc1)C(=O)Cn1nccn1. The molecule has 0 fully saturated rings. The minimum absolute atomic E-state index is 0.0394. The number of pyridine rings is 1. The first-order chi connectivity index (χ1) is 11.6. The van der Waals surface area contributed by atoms with Gasteiger partial charge in [0.25, 0.3) is 5.91 Å². The monoisotopic (exact) mass is 334 g/mol. The van der Waals surface area contributed by atoms with Gasteiger partial charge in [0.15, 0.2) is 5.78 Å². The minimum atomic E-state index is -0.694. The average molecular weight is 334 g/mol. The molecule has 0 aliphatic heterocycles. The molecule has 0 spiro atoms. The van der Waals surface area contributed by atoms with E-state index < -0.39 is 17.9 Å². The first-order valence-corrected chi connectivity index (χ1v) is 7.59. The number of rotatable bonds is 9. The van der Waals surface area contributed by atoms with Gasteiger partial charge in [-0.05, 0) is 37.9 Å². The van der Waals surface area contributed by atoms with Crippen molar-refractivity contribution < 1.29 is 14.0 Å². The van der Waals surface area contributed by atoms with Gasteiger partial charge in [-0.2, -0.15) is 19.4 Å². The Labute approximate surface area is 138 Å². The van der Waals surface area contributed by atoms with Crippen molar-refractivity contribution in [1.29, 1.82) is 0 Å². The molecule has 0 bridgehead atoms. The Bertz CT molecular complexity index is 659. The third kappa shape index (κ3) is 5.20. The highest BCUT2D eigenvalue weighted by Gasteiger charge is 2.22. The molecule has 0 saturated carbocycles. The number of hydrogen-bond donors (Lipinski definition) is 2. The van der Waals surface area contributed by atoms with Crippen molar-refractivity contribution in [2.45, 2.75) is 31.8 Å². The van der Waals surface area contributed by atoms with Crippen molar-refractivity contribution in [2.24, 2.45) is 5.73 Å². The van der Waals surface area contributed by atoms with Crippen LogP contribution in [0.15, 0.2) is 30.7 Å². The van der Waals surface area contributed by atoms with Crippen molar-refractivity contribution in [2.75, 3.05) is 6.54 Å². The topological polar surface area (TPSA) is 116 Å². The number of hydrogen-bond acceptors (Lipinski definition) is 6. The number of halogens is 1. The second-order valence-electron chi connectivity index (χ2n) is 5.21. The van der Waals surface area contributed by atoms with Gasteiger partial charge >= 0.3 is 0 Å². The van der Waals surface area contributed by atoms with Gasteiger partial charge in [-0.25, -0.2) is 4.98 Å². The summed E-state index contributed by atoms with van der Waals surface area (Å²) in [6.07, 6.45) is 5.97. The number of unbranched alkanes of at least 4 members (excludes halogenated alkanes) is 1. The first kappa shape index (κ1) is 17.7. The predicted molar refractivity (Wildman–Crippen MR) is 83.4 cm³/mol. The number of nitrogens with zero attached hydrogens (tertiary/aromatic N) is 4. The van der Waals surface area contributed by atoms with E-state index in [-0.39, 0.29) is 17.9 Å². The number of ketones is 1. The number of carbonyl (C=O) groups excluding carboxylic acids is 2. The molecule has 128 valence electrons. The minimum Gasteiger partial charge on any atom is -0.342 e. The predicted octanol–water partition coefficient (Wildman–Crippen LogP) is 0.309. The highest BCUT2D eigenvalue weighted by Crippen LogP contribution is 2.06. The van der Waals surface area contributed by atoms with Crippen LogP contribution in [-0.4, -0.2) is 44.3 Å². The van der Waals surface area contributed by atoms with Gasteiger partial charge < -0.3 is 11.1 Å². The fourth-order valence-corrected chi connectivity index (χ4v) is 2.13. The van der Waals surface area contributed by atoms with Crippen molar-refractivity contribution >= 4 is 11.7 Å².